The molecule has 0 aliphatic rings. The summed E-state index contributed by atoms with van der Waals surface area (Å²) in [4.78, 5) is 2.08. The van der Waals surface area contributed by atoms with Gasteiger partial charge >= 0.3 is 0 Å². The Balaban J connectivity index is 3.61. The second-order valence-corrected chi connectivity index (χ2v) is 7.11. The van der Waals surface area contributed by atoms with Crippen LogP contribution in [-0.2, 0) is 0 Å². The normalized spacial score (nSPS) is 13.8. The highest BCUT2D eigenvalue weighted by atomic mass is 15.0. The zero-order valence-corrected chi connectivity index (χ0v) is 17.2. The van der Waals surface area contributed by atoms with E-state index in [1.807, 2.05) is 6.08 Å². The molecule has 1 nitrogen and oxygen atoms in total. The average Bonchev–Trinajstić information content (AvgIpc) is 2.58. The van der Waals surface area contributed by atoms with E-state index in [4.69, 9.17) is 0 Å². The number of allylic oxidation sites excluding steroid dienone is 6. The largest absolute Gasteiger partial charge is 0.383 e. The van der Waals surface area contributed by atoms with Gasteiger partial charge in [0.15, 0.2) is 0 Å². The molecule has 0 aliphatic carbocycles. The smallest absolute Gasteiger partial charge is 0.00923 e. The molecule has 1 aromatic rings. The van der Waals surface area contributed by atoms with Gasteiger partial charge in [-0.05, 0) is 55.9 Å². The first-order chi connectivity index (χ1) is 11.8. The van der Waals surface area contributed by atoms with Gasteiger partial charge in [0.25, 0.3) is 0 Å². The van der Waals surface area contributed by atoms with Crippen LogP contribution in [0.15, 0.2) is 65.9 Å². The third-order valence-corrected chi connectivity index (χ3v) is 4.52. The molecule has 136 valence electrons. The van der Waals surface area contributed by atoms with Gasteiger partial charge < -0.3 is 4.90 Å². The maximum Gasteiger partial charge on any atom is 0.00923 e. The maximum atomic E-state index is 4.04. The van der Waals surface area contributed by atoms with E-state index in [0.29, 0.717) is 5.92 Å². The molecule has 0 N–H and O–H groups in total. The average molecular weight is 338 g/mol. The summed E-state index contributed by atoms with van der Waals surface area (Å²) in [6.45, 7) is 15.2. The van der Waals surface area contributed by atoms with Crippen LogP contribution in [0.5, 0.6) is 0 Å². The van der Waals surface area contributed by atoms with Crippen molar-refractivity contribution in [2.75, 3.05) is 14.1 Å². The lowest BCUT2D eigenvalue weighted by Gasteiger charge is -2.24. The molecular formula is C24H35N. The van der Waals surface area contributed by atoms with Crippen LogP contribution in [0.1, 0.15) is 64.5 Å². The van der Waals surface area contributed by atoms with E-state index in [1.54, 1.807) is 0 Å². The lowest BCUT2D eigenvalue weighted by Crippen LogP contribution is -2.08. The molecule has 0 aromatic heterocycles. The van der Waals surface area contributed by atoms with E-state index >= 15 is 0 Å². The van der Waals surface area contributed by atoms with Gasteiger partial charge in [0.05, 0.1) is 0 Å². The van der Waals surface area contributed by atoms with Crippen molar-refractivity contribution in [3.05, 3.63) is 77.0 Å². The Morgan fingerprint density at radius 1 is 1.12 bits per heavy atom. The predicted molar refractivity (Wildman–Crippen MR) is 114 cm³/mol. The topological polar surface area (TPSA) is 3.24 Å². The summed E-state index contributed by atoms with van der Waals surface area (Å²) in [5, 5.41) is 0. The van der Waals surface area contributed by atoms with E-state index in [2.05, 4.69) is 96.7 Å². The zero-order valence-electron chi connectivity index (χ0n) is 17.2. The molecule has 0 fully saturated rings. The molecule has 1 aromatic carbocycles. The van der Waals surface area contributed by atoms with Crippen LogP contribution in [0.2, 0.25) is 0 Å². The molecule has 0 saturated carbocycles. The van der Waals surface area contributed by atoms with Gasteiger partial charge in [-0.25, -0.2) is 0 Å². The SMILES string of the molecule is C=C/C(=C\N(C)C)c1ccccc1[C@H](CC)/C(C=C(C)C)=C(/C)CC. The fourth-order valence-electron chi connectivity index (χ4n) is 3.22. The lowest BCUT2D eigenvalue weighted by molar-refractivity contribution is 0.566. The zero-order chi connectivity index (χ0) is 19.0. The minimum absolute atomic E-state index is 0.400. The second-order valence-electron chi connectivity index (χ2n) is 7.11. The van der Waals surface area contributed by atoms with Crippen LogP contribution in [0.3, 0.4) is 0 Å². The Bertz CT molecular complexity index is 667. The Kier molecular flexibility index (Phi) is 8.48. The number of rotatable bonds is 8. The molecule has 0 heterocycles. The quantitative estimate of drug-likeness (QED) is 0.463. The van der Waals surface area contributed by atoms with Crippen LogP contribution in [0, 0.1) is 0 Å². The summed E-state index contributed by atoms with van der Waals surface area (Å²) in [7, 11) is 4.11. The van der Waals surface area contributed by atoms with E-state index in [1.165, 1.54) is 33.4 Å². The van der Waals surface area contributed by atoms with Crippen molar-refractivity contribution >= 4 is 5.57 Å². The second kappa shape index (κ2) is 10.1. The first kappa shape index (κ1) is 21.0. The minimum atomic E-state index is 0.400. The summed E-state index contributed by atoms with van der Waals surface area (Å²) in [5.74, 6) is 0.400. The van der Waals surface area contributed by atoms with Crippen LogP contribution in [-0.4, -0.2) is 19.0 Å². The number of hydrogen-bond donors (Lipinski definition) is 0. The van der Waals surface area contributed by atoms with E-state index in [9.17, 15) is 0 Å². The van der Waals surface area contributed by atoms with Crippen molar-refractivity contribution < 1.29 is 0 Å². The van der Waals surface area contributed by atoms with Gasteiger partial charge in [0.1, 0.15) is 0 Å². The first-order valence-electron chi connectivity index (χ1n) is 9.30. The van der Waals surface area contributed by atoms with E-state index < -0.39 is 0 Å². The summed E-state index contributed by atoms with van der Waals surface area (Å²) < 4.78 is 0. The van der Waals surface area contributed by atoms with Gasteiger partial charge in [0, 0.05) is 26.2 Å². The monoisotopic (exact) mass is 337 g/mol. The summed E-state index contributed by atoms with van der Waals surface area (Å²) in [6.07, 6.45) is 8.64. The fraction of sp³-hybridized carbons (Fsp3) is 0.417. The van der Waals surface area contributed by atoms with Crippen molar-refractivity contribution in [2.24, 2.45) is 0 Å². The highest BCUT2D eigenvalue weighted by Gasteiger charge is 2.19. The van der Waals surface area contributed by atoms with Crippen LogP contribution < -0.4 is 0 Å². The molecule has 0 bridgehead atoms. The summed E-state index contributed by atoms with van der Waals surface area (Å²) >= 11 is 0. The summed E-state index contributed by atoms with van der Waals surface area (Å²) in [6, 6.07) is 8.77. The molecule has 0 aliphatic heterocycles. The van der Waals surface area contributed by atoms with Crippen molar-refractivity contribution in [3.8, 4) is 0 Å². The Hall–Kier alpha value is -2.02. The Morgan fingerprint density at radius 2 is 1.76 bits per heavy atom. The van der Waals surface area contributed by atoms with Crippen molar-refractivity contribution in [3.63, 3.8) is 0 Å². The van der Waals surface area contributed by atoms with Gasteiger partial charge in [0.2, 0.25) is 0 Å². The van der Waals surface area contributed by atoms with Gasteiger partial charge in [-0.3, -0.25) is 0 Å². The molecule has 0 amide bonds. The molecule has 25 heavy (non-hydrogen) atoms. The molecule has 1 rings (SSSR count). The predicted octanol–water partition coefficient (Wildman–Crippen LogP) is 6.96. The molecule has 0 saturated heterocycles. The first-order valence-corrected chi connectivity index (χ1v) is 9.30. The third kappa shape index (κ3) is 5.77. The third-order valence-electron chi connectivity index (χ3n) is 4.52. The Morgan fingerprint density at radius 3 is 2.24 bits per heavy atom. The standard InChI is InChI=1S/C24H35N/c1-9-19(6)24(16-18(4)5)21(11-3)23-15-13-12-14-22(23)20(10-2)17-25(7)8/h10,12-17,21H,2,9,11H2,1,3-8H3/b20-17+,24-19-/t21-/m0/s1. The lowest BCUT2D eigenvalue weighted by atomic mass is 9.81. The van der Waals surface area contributed by atoms with Crippen LogP contribution >= 0.6 is 0 Å². The van der Waals surface area contributed by atoms with Crippen LogP contribution in [0.25, 0.3) is 5.57 Å². The Labute approximate surface area is 155 Å². The van der Waals surface area contributed by atoms with E-state index in [-0.39, 0.29) is 0 Å². The van der Waals surface area contributed by atoms with Crippen molar-refractivity contribution in [1.29, 1.82) is 0 Å². The fourth-order valence-corrected chi connectivity index (χ4v) is 3.22. The molecule has 0 spiro atoms. The van der Waals surface area contributed by atoms with Crippen LogP contribution in [0.4, 0.5) is 0 Å². The highest BCUT2D eigenvalue weighted by Crippen LogP contribution is 2.36. The molecular weight excluding hydrogens is 302 g/mol. The molecule has 1 heteroatoms. The van der Waals surface area contributed by atoms with Crippen molar-refractivity contribution in [1.82, 2.24) is 4.90 Å². The van der Waals surface area contributed by atoms with Crippen molar-refractivity contribution in [2.45, 2.75) is 53.4 Å². The molecule has 0 unspecified atom stereocenters. The van der Waals surface area contributed by atoms with Gasteiger partial charge in [-0.15, -0.1) is 0 Å². The molecule has 1 atom stereocenters. The minimum Gasteiger partial charge on any atom is -0.383 e. The van der Waals surface area contributed by atoms with Gasteiger partial charge in [-0.2, -0.15) is 0 Å². The maximum absolute atomic E-state index is 4.04. The van der Waals surface area contributed by atoms with Gasteiger partial charge in [-0.1, -0.05) is 68.0 Å². The number of benzene rings is 1. The highest BCUT2D eigenvalue weighted by molar-refractivity contribution is 5.76. The number of hydrogen-bond acceptors (Lipinski definition) is 1. The number of nitrogens with zero attached hydrogens (tertiary/aromatic N) is 1. The summed E-state index contributed by atoms with van der Waals surface area (Å²) in [5.41, 5.74) is 8.13. The van der Waals surface area contributed by atoms with E-state index in [0.717, 1.165) is 12.8 Å². The molecule has 0 radical (unpaired) electrons.